The lowest BCUT2D eigenvalue weighted by atomic mass is 10.1. The number of nitrogens with zero attached hydrogens (tertiary/aromatic N) is 3. The highest BCUT2D eigenvalue weighted by atomic mass is 35.5. The van der Waals surface area contributed by atoms with Gasteiger partial charge in [0.2, 0.25) is 0 Å². The van der Waals surface area contributed by atoms with Crippen LogP contribution in [0.2, 0.25) is 5.02 Å². The van der Waals surface area contributed by atoms with Crippen molar-refractivity contribution in [2.45, 2.75) is 18.4 Å². The quantitative estimate of drug-likeness (QED) is 0.234. The number of benzene rings is 1. The fourth-order valence-corrected chi connectivity index (χ4v) is 3.28. The summed E-state index contributed by atoms with van der Waals surface area (Å²) in [5.74, 6) is -1.92. The summed E-state index contributed by atoms with van der Waals surface area (Å²) in [5, 5.41) is 4.21. The van der Waals surface area contributed by atoms with Gasteiger partial charge in [-0.1, -0.05) is 11.6 Å². The minimum Gasteiger partial charge on any atom is -0.371 e. The van der Waals surface area contributed by atoms with Crippen molar-refractivity contribution in [1.82, 2.24) is 15.4 Å². The molecule has 11 heteroatoms. The Kier molecular flexibility index (Phi) is 5.60. The van der Waals surface area contributed by atoms with Gasteiger partial charge in [-0.3, -0.25) is 4.98 Å². The summed E-state index contributed by atoms with van der Waals surface area (Å²) in [4.78, 5) is 16.6. The SMILES string of the molecule is N/C(=N/CF)ON[C@@H]1C[C@@H]1c1cc(Nc2nccc3cc(Cl)cnc23)cc(F)c1F. The van der Waals surface area contributed by atoms with E-state index in [1.165, 1.54) is 12.3 Å². The van der Waals surface area contributed by atoms with Gasteiger partial charge >= 0.3 is 6.02 Å². The average molecular weight is 437 g/mol. The Bertz CT molecular complexity index is 1130. The summed E-state index contributed by atoms with van der Waals surface area (Å²) < 4.78 is 40.7. The third kappa shape index (κ3) is 4.24. The van der Waals surface area contributed by atoms with Crippen LogP contribution >= 0.6 is 11.6 Å². The molecule has 4 rings (SSSR count). The zero-order valence-corrected chi connectivity index (χ0v) is 16.1. The average Bonchev–Trinajstić information content (AvgIpc) is 3.48. The molecule has 2 heterocycles. The Hall–Kier alpha value is -3.11. The van der Waals surface area contributed by atoms with Gasteiger partial charge in [0, 0.05) is 35.5 Å². The standard InChI is InChI=1S/C19H16ClF3N6O/c20-10-3-9-1-2-25-18(17(9)26-7-10)28-11-4-13(16(23)14(22)5-11)12-6-15(12)29-30-19(24)27-8-21/h1-5,7,12,15,29H,6,8H2,(H2,24,27)(H,25,28)/t12-,15-/m1/s1. The molecule has 1 saturated carbocycles. The predicted octanol–water partition coefficient (Wildman–Crippen LogP) is 3.92. The molecule has 0 aliphatic heterocycles. The topological polar surface area (TPSA) is 97.5 Å². The third-order valence-electron chi connectivity index (χ3n) is 4.61. The number of hydrogen-bond donors (Lipinski definition) is 3. The van der Waals surface area contributed by atoms with Crippen molar-refractivity contribution < 1.29 is 18.0 Å². The van der Waals surface area contributed by atoms with E-state index in [0.29, 0.717) is 28.5 Å². The van der Waals surface area contributed by atoms with Crippen molar-refractivity contribution >= 4 is 40.0 Å². The van der Waals surface area contributed by atoms with Crippen molar-refractivity contribution in [2.24, 2.45) is 10.7 Å². The number of fused-ring (bicyclic) bond motifs is 1. The molecule has 7 nitrogen and oxygen atoms in total. The first-order chi connectivity index (χ1) is 14.5. The number of aliphatic imine (C=N–C) groups is 1. The number of anilines is 2. The number of amidine groups is 1. The number of hydroxylamine groups is 1. The molecule has 0 amide bonds. The minimum absolute atomic E-state index is 0.163. The molecule has 30 heavy (non-hydrogen) atoms. The fourth-order valence-electron chi connectivity index (χ4n) is 3.11. The van der Waals surface area contributed by atoms with Gasteiger partial charge in [-0.2, -0.15) is 0 Å². The number of pyridine rings is 2. The van der Waals surface area contributed by atoms with E-state index in [1.54, 1.807) is 18.3 Å². The van der Waals surface area contributed by atoms with Crippen LogP contribution in [0, 0.1) is 11.6 Å². The molecule has 2 aromatic heterocycles. The third-order valence-corrected chi connectivity index (χ3v) is 4.81. The van der Waals surface area contributed by atoms with E-state index in [-0.39, 0.29) is 23.5 Å². The fraction of sp³-hybridized carbons (Fsp3) is 0.211. The number of alkyl halides is 1. The molecule has 3 aromatic rings. The molecule has 0 bridgehead atoms. The predicted molar refractivity (Wildman–Crippen MR) is 107 cm³/mol. The first-order valence-electron chi connectivity index (χ1n) is 8.90. The maximum atomic E-state index is 14.4. The van der Waals surface area contributed by atoms with Gasteiger partial charge in [0.25, 0.3) is 0 Å². The van der Waals surface area contributed by atoms with Gasteiger partial charge < -0.3 is 15.9 Å². The Morgan fingerprint density at radius 2 is 2.13 bits per heavy atom. The van der Waals surface area contributed by atoms with Crippen LogP contribution in [-0.4, -0.2) is 28.8 Å². The molecule has 2 atom stereocenters. The highest BCUT2D eigenvalue weighted by molar-refractivity contribution is 6.31. The highest BCUT2D eigenvalue weighted by Crippen LogP contribution is 2.43. The summed E-state index contributed by atoms with van der Waals surface area (Å²) >= 11 is 5.96. The van der Waals surface area contributed by atoms with Crippen LogP contribution in [0.5, 0.6) is 0 Å². The molecular weight excluding hydrogens is 421 g/mol. The van der Waals surface area contributed by atoms with E-state index >= 15 is 0 Å². The van der Waals surface area contributed by atoms with E-state index in [2.05, 4.69) is 25.8 Å². The van der Waals surface area contributed by atoms with Crippen molar-refractivity contribution in [3.05, 3.63) is 58.9 Å². The van der Waals surface area contributed by atoms with Crippen LogP contribution in [0.1, 0.15) is 17.9 Å². The van der Waals surface area contributed by atoms with Gasteiger partial charge in [0.1, 0.15) is 5.52 Å². The lowest BCUT2D eigenvalue weighted by Gasteiger charge is -2.12. The Labute approximate surface area is 174 Å². The van der Waals surface area contributed by atoms with Gasteiger partial charge in [-0.05, 0) is 30.2 Å². The summed E-state index contributed by atoms with van der Waals surface area (Å²) in [6, 6.07) is 5.32. The Balaban J connectivity index is 1.56. The molecule has 1 aliphatic carbocycles. The summed E-state index contributed by atoms with van der Waals surface area (Å²) in [6.45, 7) is -1.02. The zero-order chi connectivity index (χ0) is 21.3. The summed E-state index contributed by atoms with van der Waals surface area (Å²) in [5.41, 5.74) is 8.90. The second-order valence-corrected chi connectivity index (χ2v) is 7.09. The van der Waals surface area contributed by atoms with Gasteiger partial charge in [0.05, 0.1) is 11.1 Å². The number of aromatic nitrogens is 2. The lowest BCUT2D eigenvalue weighted by Crippen LogP contribution is -2.28. The molecule has 1 fully saturated rings. The number of hydrogen-bond acceptors (Lipinski definition) is 6. The van der Waals surface area contributed by atoms with Crippen LogP contribution in [0.3, 0.4) is 0 Å². The summed E-state index contributed by atoms with van der Waals surface area (Å²) in [7, 11) is 0. The van der Waals surface area contributed by atoms with Crippen LogP contribution in [0.4, 0.5) is 24.7 Å². The molecule has 0 unspecified atom stereocenters. The molecule has 4 N–H and O–H groups in total. The van der Waals surface area contributed by atoms with E-state index in [9.17, 15) is 13.2 Å². The molecule has 0 radical (unpaired) electrons. The van der Waals surface area contributed by atoms with Crippen LogP contribution in [-0.2, 0) is 4.84 Å². The molecule has 1 aliphatic rings. The molecule has 0 saturated heterocycles. The highest BCUT2D eigenvalue weighted by Gasteiger charge is 2.42. The van der Waals surface area contributed by atoms with Crippen molar-refractivity contribution in [3.63, 3.8) is 0 Å². The van der Waals surface area contributed by atoms with Gasteiger partial charge in [-0.15, -0.1) is 5.48 Å². The number of nitrogens with two attached hydrogens (primary N) is 1. The van der Waals surface area contributed by atoms with Gasteiger partial charge in [0.15, 0.2) is 24.3 Å². The van der Waals surface area contributed by atoms with Crippen molar-refractivity contribution in [1.29, 1.82) is 0 Å². The van der Waals surface area contributed by atoms with Gasteiger partial charge in [-0.25, -0.2) is 23.1 Å². The van der Waals surface area contributed by atoms with E-state index in [1.807, 2.05) is 0 Å². The molecule has 0 spiro atoms. The minimum atomic E-state index is -1.02. The molecule has 1 aromatic carbocycles. The van der Waals surface area contributed by atoms with E-state index in [4.69, 9.17) is 22.2 Å². The number of halogens is 4. The second-order valence-electron chi connectivity index (χ2n) is 6.66. The number of nitrogens with one attached hydrogen (secondary N) is 2. The molecule has 156 valence electrons. The second kappa shape index (κ2) is 8.33. The Morgan fingerprint density at radius 1 is 1.30 bits per heavy atom. The molecular formula is C19H16ClF3N6O. The summed E-state index contributed by atoms with van der Waals surface area (Å²) in [6.07, 6.45) is 3.52. The van der Waals surface area contributed by atoms with Crippen molar-refractivity contribution in [2.75, 3.05) is 12.1 Å². The van der Waals surface area contributed by atoms with Crippen LogP contribution in [0.15, 0.2) is 41.7 Å². The maximum absolute atomic E-state index is 14.4. The van der Waals surface area contributed by atoms with Crippen LogP contribution < -0.4 is 16.5 Å². The number of rotatable bonds is 6. The maximum Gasteiger partial charge on any atom is 0.304 e. The normalized spacial score (nSPS) is 18.5. The van der Waals surface area contributed by atoms with E-state index in [0.717, 1.165) is 11.5 Å². The zero-order valence-electron chi connectivity index (χ0n) is 15.4. The van der Waals surface area contributed by atoms with Crippen LogP contribution in [0.25, 0.3) is 10.9 Å². The lowest BCUT2D eigenvalue weighted by molar-refractivity contribution is 0.167. The smallest absolute Gasteiger partial charge is 0.304 e. The Morgan fingerprint density at radius 3 is 2.93 bits per heavy atom. The largest absolute Gasteiger partial charge is 0.371 e. The van der Waals surface area contributed by atoms with Crippen molar-refractivity contribution in [3.8, 4) is 0 Å². The van der Waals surface area contributed by atoms with E-state index < -0.39 is 18.4 Å². The first-order valence-corrected chi connectivity index (χ1v) is 9.28. The first kappa shape index (κ1) is 20.2. The monoisotopic (exact) mass is 436 g/mol.